The summed E-state index contributed by atoms with van der Waals surface area (Å²) >= 11 is 0. The van der Waals surface area contributed by atoms with Crippen molar-refractivity contribution in [2.45, 2.75) is 31.8 Å². The highest BCUT2D eigenvalue weighted by atomic mass is 16.5. The van der Waals surface area contributed by atoms with E-state index in [4.69, 9.17) is 20.3 Å². The van der Waals surface area contributed by atoms with Gasteiger partial charge in [0.1, 0.15) is 0 Å². The van der Waals surface area contributed by atoms with Crippen molar-refractivity contribution in [3.63, 3.8) is 0 Å². The molecule has 4 heterocycles. The number of hydrogen-bond acceptors (Lipinski definition) is 6. The highest BCUT2D eigenvalue weighted by Crippen LogP contribution is 2.59. The molecule has 2 aromatic rings. The van der Waals surface area contributed by atoms with E-state index >= 15 is 0 Å². The average Bonchev–Trinajstić information content (AvgIpc) is 2.98. The number of methoxy groups -OCH3 is 1. The molecule has 7 nitrogen and oxygen atoms in total. The molecule has 1 saturated carbocycles. The van der Waals surface area contributed by atoms with Crippen LogP contribution in [0.4, 0.5) is 5.82 Å². The van der Waals surface area contributed by atoms with Gasteiger partial charge in [-0.3, -0.25) is 9.58 Å². The molecule has 2 N–H and O–H groups in total. The second kappa shape index (κ2) is 6.21. The number of nitrogens with two attached hydrogens (primary N) is 1. The van der Waals surface area contributed by atoms with Gasteiger partial charge in [-0.25, -0.2) is 4.98 Å². The number of hydrogen-bond donors (Lipinski definition) is 1. The van der Waals surface area contributed by atoms with E-state index in [0.29, 0.717) is 29.6 Å². The molecular formula is C20H27N5O2. The van der Waals surface area contributed by atoms with Gasteiger partial charge in [0.2, 0.25) is 0 Å². The maximum Gasteiger partial charge on any atom is 0.166 e. The zero-order valence-corrected chi connectivity index (χ0v) is 16.1. The standard InChI is InChI=1S/C20H27N5O2/c1-11(2)25-17(19-14-7-24(8-15(14)19)13-9-27-10-13)5-16(23-25)12-4-18(26-3)20(21)22-6-12/h4-6,11,13-15,19H,7-10H2,1-3H3,(H2,21,22)/t14-,15+,19+. The lowest BCUT2D eigenvalue weighted by molar-refractivity contribution is -0.0610. The fourth-order valence-corrected chi connectivity index (χ4v) is 4.70. The Morgan fingerprint density at radius 2 is 1.96 bits per heavy atom. The van der Waals surface area contributed by atoms with Crippen molar-refractivity contribution in [1.82, 2.24) is 19.7 Å². The third-order valence-corrected chi connectivity index (χ3v) is 6.35. The molecule has 27 heavy (non-hydrogen) atoms. The quantitative estimate of drug-likeness (QED) is 0.870. The number of ether oxygens (including phenoxy) is 2. The van der Waals surface area contributed by atoms with Gasteiger partial charge in [-0.15, -0.1) is 0 Å². The molecule has 3 aliphatic rings. The molecule has 0 aromatic carbocycles. The summed E-state index contributed by atoms with van der Waals surface area (Å²) in [4.78, 5) is 6.87. The van der Waals surface area contributed by atoms with Gasteiger partial charge in [0, 0.05) is 42.5 Å². The van der Waals surface area contributed by atoms with E-state index in [1.165, 1.54) is 18.8 Å². The fourth-order valence-electron chi connectivity index (χ4n) is 4.70. The predicted molar refractivity (Wildman–Crippen MR) is 103 cm³/mol. The normalized spacial score (nSPS) is 27.6. The molecule has 0 amide bonds. The zero-order valence-electron chi connectivity index (χ0n) is 16.1. The van der Waals surface area contributed by atoms with Gasteiger partial charge in [-0.05, 0) is 37.8 Å². The van der Waals surface area contributed by atoms with Crippen LogP contribution in [0.15, 0.2) is 18.3 Å². The average molecular weight is 369 g/mol. The number of aromatic nitrogens is 3. The number of fused-ring (bicyclic) bond motifs is 1. The Kier molecular flexibility index (Phi) is 3.91. The Hall–Kier alpha value is -2.12. The lowest BCUT2D eigenvalue weighted by Crippen LogP contribution is -2.48. The van der Waals surface area contributed by atoms with Crippen molar-refractivity contribution < 1.29 is 9.47 Å². The second-order valence-electron chi connectivity index (χ2n) is 8.30. The first-order valence-corrected chi connectivity index (χ1v) is 9.78. The Morgan fingerprint density at radius 1 is 1.22 bits per heavy atom. The SMILES string of the molecule is COc1cc(-c2cc([C@H]3[C@@H]4CN(C5COC5)C[C@@H]43)n(C(C)C)n2)cnc1N. The van der Waals surface area contributed by atoms with Crippen molar-refractivity contribution in [2.24, 2.45) is 11.8 Å². The molecule has 5 rings (SSSR count). The Morgan fingerprint density at radius 3 is 2.56 bits per heavy atom. The van der Waals surface area contributed by atoms with E-state index in [-0.39, 0.29) is 0 Å². The summed E-state index contributed by atoms with van der Waals surface area (Å²) in [5.41, 5.74) is 9.11. The summed E-state index contributed by atoms with van der Waals surface area (Å²) in [7, 11) is 1.61. The summed E-state index contributed by atoms with van der Waals surface area (Å²) in [5, 5.41) is 4.90. The molecule has 3 atom stereocenters. The lowest BCUT2D eigenvalue weighted by atomic mass is 10.1. The maximum atomic E-state index is 5.86. The van der Waals surface area contributed by atoms with E-state index < -0.39 is 0 Å². The molecule has 0 radical (unpaired) electrons. The van der Waals surface area contributed by atoms with Crippen molar-refractivity contribution in [3.8, 4) is 17.0 Å². The molecule has 0 unspecified atom stereocenters. The Bertz CT molecular complexity index is 848. The van der Waals surface area contributed by atoms with Crippen LogP contribution in [0.2, 0.25) is 0 Å². The van der Waals surface area contributed by atoms with Crippen LogP contribution in [0.3, 0.4) is 0 Å². The van der Waals surface area contributed by atoms with E-state index in [2.05, 4.69) is 34.5 Å². The fraction of sp³-hybridized carbons (Fsp3) is 0.600. The molecule has 1 aliphatic carbocycles. The Labute approximate surface area is 159 Å². The molecule has 0 bridgehead atoms. The molecule has 144 valence electrons. The van der Waals surface area contributed by atoms with Gasteiger partial charge in [-0.1, -0.05) is 0 Å². The number of anilines is 1. The lowest BCUT2D eigenvalue weighted by Gasteiger charge is -2.35. The van der Waals surface area contributed by atoms with Crippen LogP contribution in [0.25, 0.3) is 11.3 Å². The second-order valence-corrected chi connectivity index (χ2v) is 8.30. The molecule has 2 saturated heterocycles. The maximum absolute atomic E-state index is 5.86. The third-order valence-electron chi connectivity index (χ3n) is 6.35. The van der Waals surface area contributed by atoms with Crippen molar-refractivity contribution in [1.29, 1.82) is 0 Å². The van der Waals surface area contributed by atoms with Crippen molar-refractivity contribution in [3.05, 3.63) is 24.0 Å². The summed E-state index contributed by atoms with van der Waals surface area (Å²) < 4.78 is 12.9. The van der Waals surface area contributed by atoms with E-state index in [1.807, 2.05) is 6.07 Å². The molecular weight excluding hydrogens is 342 g/mol. The van der Waals surface area contributed by atoms with Crippen LogP contribution in [0.5, 0.6) is 5.75 Å². The van der Waals surface area contributed by atoms with E-state index in [0.717, 1.165) is 36.3 Å². The summed E-state index contributed by atoms with van der Waals surface area (Å²) in [6.45, 7) is 8.59. The minimum absolute atomic E-state index is 0.329. The van der Waals surface area contributed by atoms with Gasteiger partial charge in [0.15, 0.2) is 11.6 Å². The van der Waals surface area contributed by atoms with E-state index in [1.54, 1.807) is 13.3 Å². The summed E-state index contributed by atoms with van der Waals surface area (Å²) in [6.07, 6.45) is 1.78. The van der Waals surface area contributed by atoms with Crippen LogP contribution in [-0.4, -0.2) is 59.1 Å². The minimum Gasteiger partial charge on any atom is -0.493 e. The molecule has 7 heteroatoms. The highest BCUT2D eigenvalue weighted by Gasteiger charge is 2.58. The minimum atomic E-state index is 0.329. The van der Waals surface area contributed by atoms with Crippen LogP contribution < -0.4 is 10.5 Å². The number of pyridine rings is 1. The van der Waals surface area contributed by atoms with Gasteiger partial charge < -0.3 is 15.2 Å². The number of piperidine rings is 1. The van der Waals surface area contributed by atoms with Crippen molar-refractivity contribution in [2.75, 3.05) is 39.1 Å². The third kappa shape index (κ3) is 2.72. The van der Waals surface area contributed by atoms with Gasteiger partial charge in [0.05, 0.1) is 32.1 Å². The Balaban J connectivity index is 1.41. The smallest absolute Gasteiger partial charge is 0.166 e. The summed E-state index contributed by atoms with van der Waals surface area (Å²) in [6, 6.07) is 5.14. The number of likely N-dealkylation sites (tertiary alicyclic amines) is 1. The molecule has 3 fully saturated rings. The molecule has 2 aliphatic heterocycles. The zero-order chi connectivity index (χ0) is 18.7. The number of nitrogen functional groups attached to an aromatic ring is 1. The molecule has 2 aromatic heterocycles. The first kappa shape index (κ1) is 17.0. The van der Waals surface area contributed by atoms with E-state index in [9.17, 15) is 0 Å². The highest BCUT2D eigenvalue weighted by molar-refractivity contribution is 5.64. The topological polar surface area (TPSA) is 78.4 Å². The van der Waals surface area contributed by atoms with Gasteiger partial charge >= 0.3 is 0 Å². The first-order chi connectivity index (χ1) is 13.1. The van der Waals surface area contributed by atoms with Crippen molar-refractivity contribution >= 4 is 5.82 Å². The number of rotatable bonds is 5. The van der Waals surface area contributed by atoms with Gasteiger partial charge in [0.25, 0.3) is 0 Å². The van der Waals surface area contributed by atoms with Crippen LogP contribution in [0.1, 0.15) is 31.5 Å². The van der Waals surface area contributed by atoms with Crippen LogP contribution in [-0.2, 0) is 4.74 Å². The van der Waals surface area contributed by atoms with Crippen LogP contribution in [0, 0.1) is 11.8 Å². The van der Waals surface area contributed by atoms with Crippen LogP contribution >= 0.6 is 0 Å². The first-order valence-electron chi connectivity index (χ1n) is 9.78. The molecule has 0 spiro atoms. The largest absolute Gasteiger partial charge is 0.493 e. The monoisotopic (exact) mass is 369 g/mol. The number of nitrogens with zero attached hydrogens (tertiary/aromatic N) is 4. The predicted octanol–water partition coefficient (Wildman–Crippen LogP) is 2.16. The van der Waals surface area contributed by atoms with Gasteiger partial charge in [-0.2, -0.15) is 5.10 Å². The summed E-state index contributed by atoms with van der Waals surface area (Å²) in [5.74, 6) is 3.13.